The van der Waals surface area contributed by atoms with Crippen LogP contribution in [0.5, 0.6) is 6.01 Å². The summed E-state index contributed by atoms with van der Waals surface area (Å²) in [7, 11) is -3.36. The molecule has 0 radical (unpaired) electrons. The molecule has 0 saturated carbocycles. The third-order valence-electron chi connectivity index (χ3n) is 3.49. The molecule has 2 heterocycles. The minimum atomic E-state index is -4.47. The van der Waals surface area contributed by atoms with Gasteiger partial charge in [-0.25, -0.2) is 4.79 Å². The van der Waals surface area contributed by atoms with Gasteiger partial charge in [0.2, 0.25) is 5.95 Å². The summed E-state index contributed by atoms with van der Waals surface area (Å²) < 4.78 is 52.0. The molecule has 0 aliphatic carbocycles. The summed E-state index contributed by atoms with van der Waals surface area (Å²) in [6, 6.07) is 3.13. The van der Waals surface area contributed by atoms with Crippen LogP contribution in [0.2, 0.25) is 10.0 Å². The lowest BCUT2D eigenvalue weighted by Gasteiger charge is -2.12. The molecule has 2 aromatic heterocycles. The third-order valence-corrected chi connectivity index (χ3v) is 5.43. The number of methoxy groups -OCH3 is 1. The SMILES string of the molecule is CCOc1nc(F)cc2nc(S(=O)(=O)Nc3c(C(=O)OC)ccc(Cl)c3Cl)nn12. The summed E-state index contributed by atoms with van der Waals surface area (Å²) in [6.07, 6.45) is 0. The Morgan fingerprint density at radius 1 is 1.31 bits per heavy atom. The molecule has 3 rings (SSSR count). The van der Waals surface area contributed by atoms with Gasteiger partial charge >= 0.3 is 12.0 Å². The lowest BCUT2D eigenvalue weighted by Crippen LogP contribution is -2.18. The summed E-state index contributed by atoms with van der Waals surface area (Å²) in [6.45, 7) is 1.76. The van der Waals surface area contributed by atoms with Crippen molar-refractivity contribution in [3.63, 3.8) is 0 Å². The maximum atomic E-state index is 13.6. The monoisotopic (exact) mass is 463 g/mol. The molecule has 1 aromatic carbocycles. The number of halogens is 3. The second-order valence-electron chi connectivity index (χ2n) is 5.34. The molecule has 3 aromatic rings. The van der Waals surface area contributed by atoms with Crippen molar-refractivity contribution in [2.45, 2.75) is 12.1 Å². The molecule has 29 heavy (non-hydrogen) atoms. The molecule has 154 valence electrons. The molecule has 10 nitrogen and oxygen atoms in total. The molecule has 0 unspecified atom stereocenters. The molecular formula is C15H12Cl2FN5O5S. The van der Waals surface area contributed by atoms with E-state index in [4.69, 9.17) is 27.9 Å². The number of benzene rings is 1. The predicted molar refractivity (Wildman–Crippen MR) is 101 cm³/mol. The maximum absolute atomic E-state index is 13.6. The molecule has 0 bridgehead atoms. The highest BCUT2D eigenvalue weighted by Crippen LogP contribution is 2.35. The van der Waals surface area contributed by atoms with Crippen LogP contribution >= 0.6 is 23.2 Å². The van der Waals surface area contributed by atoms with Crippen LogP contribution in [-0.4, -0.2) is 47.7 Å². The van der Waals surface area contributed by atoms with Gasteiger partial charge in [-0.15, -0.1) is 5.10 Å². The van der Waals surface area contributed by atoms with Gasteiger partial charge in [-0.2, -0.15) is 27.3 Å². The molecule has 0 aliphatic rings. The van der Waals surface area contributed by atoms with Gasteiger partial charge in [0.25, 0.3) is 15.2 Å². The topological polar surface area (TPSA) is 125 Å². The van der Waals surface area contributed by atoms with E-state index in [2.05, 4.69) is 24.5 Å². The Morgan fingerprint density at radius 3 is 2.69 bits per heavy atom. The van der Waals surface area contributed by atoms with Crippen molar-refractivity contribution in [2.75, 3.05) is 18.4 Å². The summed E-state index contributed by atoms with van der Waals surface area (Å²) in [5.74, 6) is -1.79. The number of esters is 1. The molecule has 14 heteroatoms. The Bertz CT molecular complexity index is 1220. The Balaban J connectivity index is 2.11. The van der Waals surface area contributed by atoms with E-state index in [0.29, 0.717) is 0 Å². The number of hydrogen-bond donors (Lipinski definition) is 1. The first-order valence-electron chi connectivity index (χ1n) is 7.83. The van der Waals surface area contributed by atoms with Crippen LogP contribution in [0.25, 0.3) is 5.65 Å². The number of carbonyl (C=O) groups excluding carboxylic acids is 1. The smallest absolute Gasteiger partial charge is 0.340 e. The minimum Gasteiger partial charge on any atom is -0.465 e. The maximum Gasteiger partial charge on any atom is 0.340 e. The van der Waals surface area contributed by atoms with E-state index < -0.39 is 27.1 Å². The first-order valence-corrected chi connectivity index (χ1v) is 10.1. The van der Waals surface area contributed by atoms with Crippen molar-refractivity contribution in [1.29, 1.82) is 0 Å². The standard InChI is InChI=1S/C15H12Cl2FN5O5S/c1-3-28-15-19-9(18)6-10-20-14(21-23(10)15)29(25,26)22-12-7(13(24)27-2)4-5-8(16)11(12)17/h4-6,22H,3H2,1-2H3. The molecule has 0 amide bonds. The summed E-state index contributed by atoms with van der Waals surface area (Å²) in [5, 5.41) is 2.82. The van der Waals surface area contributed by atoms with E-state index in [1.54, 1.807) is 6.92 Å². The fourth-order valence-electron chi connectivity index (χ4n) is 2.26. The largest absolute Gasteiger partial charge is 0.465 e. The van der Waals surface area contributed by atoms with Gasteiger partial charge in [0, 0.05) is 6.07 Å². The van der Waals surface area contributed by atoms with E-state index >= 15 is 0 Å². The number of anilines is 1. The Hall–Kier alpha value is -2.70. The summed E-state index contributed by atoms with van der Waals surface area (Å²) in [4.78, 5) is 19.2. The van der Waals surface area contributed by atoms with Crippen LogP contribution in [0.15, 0.2) is 23.4 Å². The number of ether oxygens (including phenoxy) is 2. The predicted octanol–water partition coefficient (Wildman–Crippen LogP) is 2.56. The van der Waals surface area contributed by atoms with E-state index in [0.717, 1.165) is 17.7 Å². The van der Waals surface area contributed by atoms with E-state index in [1.807, 2.05) is 0 Å². The van der Waals surface area contributed by atoms with Crippen molar-refractivity contribution >= 4 is 50.5 Å². The van der Waals surface area contributed by atoms with Gasteiger partial charge in [-0.3, -0.25) is 4.72 Å². The van der Waals surface area contributed by atoms with E-state index in [9.17, 15) is 17.6 Å². The van der Waals surface area contributed by atoms with Crippen LogP contribution in [0.3, 0.4) is 0 Å². The Kier molecular flexibility index (Phi) is 5.78. The zero-order chi connectivity index (χ0) is 21.3. The molecule has 0 saturated heterocycles. The van der Waals surface area contributed by atoms with E-state index in [-0.39, 0.29) is 39.6 Å². The van der Waals surface area contributed by atoms with Crippen molar-refractivity contribution in [3.8, 4) is 6.01 Å². The van der Waals surface area contributed by atoms with Crippen molar-refractivity contribution in [2.24, 2.45) is 0 Å². The van der Waals surface area contributed by atoms with Crippen LogP contribution in [-0.2, 0) is 14.8 Å². The second kappa shape index (κ2) is 7.97. The lowest BCUT2D eigenvalue weighted by molar-refractivity contribution is 0.0602. The Morgan fingerprint density at radius 2 is 2.03 bits per heavy atom. The number of nitrogens with zero attached hydrogens (tertiary/aromatic N) is 4. The minimum absolute atomic E-state index is 0.00937. The number of aromatic nitrogens is 4. The van der Waals surface area contributed by atoms with Gasteiger partial charge in [0.15, 0.2) is 5.65 Å². The van der Waals surface area contributed by atoms with Gasteiger partial charge in [-0.1, -0.05) is 23.2 Å². The van der Waals surface area contributed by atoms with Gasteiger partial charge in [-0.05, 0) is 19.1 Å². The zero-order valence-electron chi connectivity index (χ0n) is 14.8. The van der Waals surface area contributed by atoms with Crippen LogP contribution < -0.4 is 9.46 Å². The number of carbonyl (C=O) groups is 1. The summed E-state index contributed by atoms with van der Waals surface area (Å²) in [5.41, 5.74) is -0.664. The van der Waals surface area contributed by atoms with E-state index in [1.165, 1.54) is 12.1 Å². The molecule has 0 spiro atoms. The number of sulfonamides is 1. The van der Waals surface area contributed by atoms with Crippen LogP contribution in [0.4, 0.5) is 10.1 Å². The number of hydrogen-bond acceptors (Lipinski definition) is 8. The first-order chi connectivity index (χ1) is 13.7. The molecule has 0 fully saturated rings. The van der Waals surface area contributed by atoms with Gasteiger partial charge in [0.1, 0.15) is 0 Å². The Labute approximate surface area is 173 Å². The second-order valence-corrected chi connectivity index (χ2v) is 7.70. The number of fused-ring (bicyclic) bond motifs is 1. The summed E-state index contributed by atoms with van der Waals surface area (Å²) >= 11 is 12.0. The first kappa shape index (κ1) is 21.0. The number of rotatable bonds is 6. The van der Waals surface area contributed by atoms with Gasteiger partial charge < -0.3 is 9.47 Å². The zero-order valence-corrected chi connectivity index (χ0v) is 17.1. The highest BCUT2D eigenvalue weighted by atomic mass is 35.5. The molecular weight excluding hydrogens is 452 g/mol. The molecule has 0 atom stereocenters. The van der Waals surface area contributed by atoms with Crippen LogP contribution in [0, 0.1) is 5.95 Å². The number of nitrogens with one attached hydrogen (secondary N) is 1. The van der Waals surface area contributed by atoms with Crippen molar-refractivity contribution in [1.82, 2.24) is 19.6 Å². The molecule has 1 N–H and O–H groups in total. The normalized spacial score (nSPS) is 11.5. The average molecular weight is 464 g/mol. The highest BCUT2D eigenvalue weighted by Gasteiger charge is 2.27. The quantitative estimate of drug-likeness (QED) is 0.436. The lowest BCUT2D eigenvalue weighted by atomic mass is 10.2. The molecule has 0 aliphatic heterocycles. The van der Waals surface area contributed by atoms with Crippen LogP contribution in [0.1, 0.15) is 17.3 Å². The fourth-order valence-corrected chi connectivity index (χ4v) is 3.66. The fraction of sp³-hybridized carbons (Fsp3) is 0.200. The average Bonchev–Trinajstić information content (AvgIpc) is 3.10. The van der Waals surface area contributed by atoms with Crippen molar-refractivity contribution in [3.05, 3.63) is 39.8 Å². The van der Waals surface area contributed by atoms with Crippen molar-refractivity contribution < 1.29 is 27.1 Å². The highest BCUT2D eigenvalue weighted by molar-refractivity contribution is 7.92. The third kappa shape index (κ3) is 4.04. The van der Waals surface area contributed by atoms with Gasteiger partial charge in [0.05, 0.1) is 35.0 Å².